The van der Waals surface area contributed by atoms with Crippen LogP contribution < -0.4 is 10.2 Å². The van der Waals surface area contributed by atoms with Gasteiger partial charge in [0.2, 0.25) is 5.91 Å². The van der Waals surface area contributed by atoms with Crippen molar-refractivity contribution in [3.63, 3.8) is 0 Å². The summed E-state index contributed by atoms with van der Waals surface area (Å²) < 4.78 is 0. The van der Waals surface area contributed by atoms with Crippen LogP contribution >= 0.6 is 0 Å². The van der Waals surface area contributed by atoms with Crippen molar-refractivity contribution in [1.82, 2.24) is 4.98 Å². The summed E-state index contributed by atoms with van der Waals surface area (Å²) in [4.78, 5) is 29.9. The van der Waals surface area contributed by atoms with E-state index in [-0.39, 0.29) is 11.8 Å². The van der Waals surface area contributed by atoms with Crippen LogP contribution in [0.5, 0.6) is 0 Å². The number of benzene rings is 2. The molecule has 0 unspecified atom stereocenters. The summed E-state index contributed by atoms with van der Waals surface area (Å²) in [6, 6.07) is 20.0. The van der Waals surface area contributed by atoms with Gasteiger partial charge in [-0.25, -0.2) is 4.98 Å². The predicted molar refractivity (Wildman–Crippen MR) is 108 cm³/mol. The summed E-state index contributed by atoms with van der Waals surface area (Å²) in [5.41, 5.74) is 3.46. The Morgan fingerprint density at radius 1 is 1.00 bits per heavy atom. The summed E-state index contributed by atoms with van der Waals surface area (Å²) >= 11 is 0. The summed E-state index contributed by atoms with van der Waals surface area (Å²) in [5, 5.41) is 2.87. The molecular formula is C23H17N3O2. The predicted octanol–water partition coefficient (Wildman–Crippen LogP) is 3.47. The number of pyridine rings is 1. The molecular weight excluding hydrogens is 350 g/mol. The molecule has 4 rings (SSSR count). The van der Waals surface area contributed by atoms with Gasteiger partial charge in [0.1, 0.15) is 5.69 Å². The first-order valence-electron chi connectivity index (χ1n) is 8.94. The molecule has 1 aliphatic heterocycles. The number of β-lactam (4-membered cyclic amide) rings is 1. The van der Waals surface area contributed by atoms with Gasteiger partial charge in [-0.15, -0.1) is 0 Å². The fourth-order valence-corrected chi connectivity index (χ4v) is 2.83. The average Bonchev–Trinajstić information content (AvgIpc) is 2.73. The van der Waals surface area contributed by atoms with E-state index >= 15 is 0 Å². The third kappa shape index (κ3) is 3.92. The maximum atomic E-state index is 12.5. The van der Waals surface area contributed by atoms with E-state index in [0.29, 0.717) is 23.4 Å². The molecule has 5 heteroatoms. The van der Waals surface area contributed by atoms with Crippen molar-refractivity contribution in [2.45, 2.75) is 6.42 Å². The van der Waals surface area contributed by atoms with Crippen molar-refractivity contribution < 1.29 is 9.59 Å². The quantitative estimate of drug-likeness (QED) is 0.570. The SMILES string of the molecule is O=C(Nc1ccc(N2CCC2=O)cc1)c1cccc(C#Cc2ccccn2)c1. The first-order valence-corrected chi connectivity index (χ1v) is 8.94. The highest BCUT2D eigenvalue weighted by atomic mass is 16.2. The lowest BCUT2D eigenvalue weighted by Gasteiger charge is -2.30. The highest BCUT2D eigenvalue weighted by molar-refractivity contribution is 6.05. The normalized spacial score (nSPS) is 12.6. The standard InChI is InChI=1S/C23H17N3O2/c27-22-13-15-26(22)21-11-9-20(10-12-21)25-23(28)18-5-3-4-17(16-18)7-8-19-6-1-2-14-24-19/h1-6,9-12,14,16H,13,15H2,(H,25,28). The zero-order valence-corrected chi connectivity index (χ0v) is 15.1. The summed E-state index contributed by atoms with van der Waals surface area (Å²) in [6.45, 7) is 0.747. The van der Waals surface area contributed by atoms with Gasteiger partial charge in [-0.05, 0) is 60.5 Å². The molecule has 2 amide bonds. The van der Waals surface area contributed by atoms with Gasteiger partial charge < -0.3 is 10.2 Å². The van der Waals surface area contributed by atoms with Gasteiger partial charge in [-0.2, -0.15) is 0 Å². The zero-order chi connectivity index (χ0) is 19.3. The van der Waals surface area contributed by atoms with Crippen LogP contribution in [0.15, 0.2) is 72.9 Å². The molecule has 2 aromatic carbocycles. The Balaban J connectivity index is 1.45. The Morgan fingerprint density at radius 2 is 1.86 bits per heavy atom. The van der Waals surface area contributed by atoms with E-state index in [0.717, 1.165) is 17.8 Å². The summed E-state index contributed by atoms with van der Waals surface area (Å²) in [7, 11) is 0. The van der Waals surface area contributed by atoms with E-state index in [1.165, 1.54) is 0 Å². The Labute approximate surface area is 163 Å². The van der Waals surface area contributed by atoms with Gasteiger partial charge in [-0.1, -0.05) is 18.1 Å². The van der Waals surface area contributed by atoms with E-state index in [4.69, 9.17) is 0 Å². The first kappa shape index (κ1) is 17.5. The van der Waals surface area contributed by atoms with E-state index in [1.54, 1.807) is 41.4 Å². The van der Waals surface area contributed by atoms with Gasteiger partial charge >= 0.3 is 0 Å². The van der Waals surface area contributed by atoms with Crippen molar-refractivity contribution in [1.29, 1.82) is 0 Å². The number of hydrogen-bond donors (Lipinski definition) is 1. The minimum Gasteiger partial charge on any atom is -0.322 e. The maximum absolute atomic E-state index is 12.5. The average molecular weight is 367 g/mol. The zero-order valence-electron chi connectivity index (χ0n) is 15.1. The van der Waals surface area contributed by atoms with Crippen molar-refractivity contribution >= 4 is 23.2 Å². The molecule has 1 N–H and O–H groups in total. The second-order valence-electron chi connectivity index (χ2n) is 6.34. The van der Waals surface area contributed by atoms with E-state index in [1.807, 2.05) is 36.4 Å². The number of anilines is 2. The summed E-state index contributed by atoms with van der Waals surface area (Å²) in [5.74, 6) is 5.92. The van der Waals surface area contributed by atoms with E-state index < -0.39 is 0 Å². The lowest BCUT2D eigenvalue weighted by molar-refractivity contribution is -0.122. The molecule has 0 bridgehead atoms. The van der Waals surface area contributed by atoms with Crippen molar-refractivity contribution in [3.8, 4) is 11.8 Å². The van der Waals surface area contributed by atoms with Gasteiger partial charge in [-0.3, -0.25) is 9.59 Å². The number of hydrogen-bond acceptors (Lipinski definition) is 3. The van der Waals surface area contributed by atoms with Crippen molar-refractivity contribution in [2.75, 3.05) is 16.8 Å². The Bertz CT molecular complexity index is 1080. The Kier molecular flexibility index (Phi) is 4.85. The Morgan fingerprint density at radius 3 is 2.54 bits per heavy atom. The van der Waals surface area contributed by atoms with Crippen molar-refractivity contribution in [3.05, 3.63) is 89.7 Å². The molecule has 136 valence electrons. The molecule has 1 fully saturated rings. The second-order valence-corrected chi connectivity index (χ2v) is 6.34. The molecule has 2 heterocycles. The van der Waals surface area contributed by atoms with E-state index in [9.17, 15) is 9.59 Å². The number of carbonyl (C=O) groups is 2. The second kappa shape index (κ2) is 7.77. The number of nitrogens with one attached hydrogen (secondary N) is 1. The van der Waals surface area contributed by atoms with Crippen LogP contribution in [0.2, 0.25) is 0 Å². The molecule has 0 spiro atoms. The van der Waals surface area contributed by atoms with Gasteiger partial charge in [0.25, 0.3) is 5.91 Å². The molecule has 5 nitrogen and oxygen atoms in total. The molecule has 1 aliphatic rings. The van der Waals surface area contributed by atoms with Crippen LogP contribution in [0.4, 0.5) is 11.4 Å². The van der Waals surface area contributed by atoms with Crippen LogP contribution in [0.25, 0.3) is 0 Å². The van der Waals surface area contributed by atoms with Gasteiger partial charge in [0.15, 0.2) is 0 Å². The Hall–Kier alpha value is -3.91. The molecule has 0 saturated carbocycles. The molecule has 3 aromatic rings. The first-order chi connectivity index (χ1) is 13.7. The number of amides is 2. The number of carbonyl (C=O) groups excluding carboxylic acids is 2. The molecule has 28 heavy (non-hydrogen) atoms. The smallest absolute Gasteiger partial charge is 0.255 e. The monoisotopic (exact) mass is 367 g/mol. The van der Waals surface area contributed by atoms with Crippen molar-refractivity contribution in [2.24, 2.45) is 0 Å². The third-order valence-electron chi connectivity index (χ3n) is 4.41. The number of aromatic nitrogens is 1. The van der Waals surface area contributed by atoms with E-state index in [2.05, 4.69) is 22.1 Å². The third-order valence-corrected chi connectivity index (χ3v) is 4.41. The minimum absolute atomic E-state index is 0.125. The molecule has 1 saturated heterocycles. The van der Waals surface area contributed by atoms with Crippen LogP contribution in [-0.2, 0) is 4.79 Å². The topological polar surface area (TPSA) is 62.3 Å². The van der Waals surface area contributed by atoms with Crippen LogP contribution in [0.3, 0.4) is 0 Å². The van der Waals surface area contributed by atoms with Crippen LogP contribution in [0.1, 0.15) is 28.0 Å². The lowest BCUT2D eigenvalue weighted by Crippen LogP contribution is -2.43. The number of nitrogens with zero attached hydrogens (tertiary/aromatic N) is 2. The van der Waals surface area contributed by atoms with Crippen LogP contribution in [0, 0.1) is 11.8 Å². The highest BCUT2D eigenvalue weighted by Crippen LogP contribution is 2.23. The van der Waals surface area contributed by atoms with Gasteiger partial charge in [0.05, 0.1) is 0 Å². The molecule has 0 radical (unpaired) electrons. The van der Waals surface area contributed by atoms with Crippen LogP contribution in [-0.4, -0.2) is 23.3 Å². The maximum Gasteiger partial charge on any atom is 0.255 e. The largest absolute Gasteiger partial charge is 0.322 e. The fraction of sp³-hybridized carbons (Fsp3) is 0.0870. The van der Waals surface area contributed by atoms with Gasteiger partial charge in [0, 0.05) is 41.7 Å². The lowest BCUT2D eigenvalue weighted by atomic mass is 10.1. The fourth-order valence-electron chi connectivity index (χ4n) is 2.83. The highest BCUT2D eigenvalue weighted by Gasteiger charge is 2.24. The summed E-state index contributed by atoms with van der Waals surface area (Å²) in [6.07, 6.45) is 2.29. The molecule has 0 aliphatic carbocycles. The molecule has 0 atom stereocenters. The molecule has 1 aromatic heterocycles. The minimum atomic E-state index is -0.214. The number of rotatable bonds is 3.